The zero-order valence-corrected chi connectivity index (χ0v) is 14.8. The van der Waals surface area contributed by atoms with Gasteiger partial charge in [0, 0.05) is 30.1 Å². The van der Waals surface area contributed by atoms with Gasteiger partial charge in [0.25, 0.3) is 0 Å². The first kappa shape index (κ1) is 17.7. The minimum Gasteiger partial charge on any atom is -0.497 e. The molecule has 3 rings (SSSR count). The van der Waals surface area contributed by atoms with Gasteiger partial charge in [-0.05, 0) is 43.2 Å². The number of anilines is 3. The quantitative estimate of drug-likeness (QED) is 0.663. The Labute approximate surface area is 152 Å². The van der Waals surface area contributed by atoms with Crippen LogP contribution in [0.5, 0.6) is 5.75 Å². The zero-order valence-electron chi connectivity index (χ0n) is 14.8. The summed E-state index contributed by atoms with van der Waals surface area (Å²) in [7, 11) is 1.64. The molecule has 0 unspecified atom stereocenters. The molecule has 1 aromatic heterocycles. The first-order chi connectivity index (χ1) is 12.6. The van der Waals surface area contributed by atoms with E-state index in [1.807, 2.05) is 37.3 Å². The fraction of sp³-hybridized carbons (Fsp3) is 0.200. The molecule has 0 spiro atoms. The van der Waals surface area contributed by atoms with E-state index in [0.717, 1.165) is 29.1 Å². The van der Waals surface area contributed by atoms with Crippen molar-refractivity contribution in [3.05, 3.63) is 71.7 Å². The molecule has 0 saturated carbocycles. The Bertz CT molecular complexity index is 868. The van der Waals surface area contributed by atoms with Crippen molar-refractivity contribution in [1.82, 2.24) is 9.97 Å². The highest BCUT2D eigenvalue weighted by Crippen LogP contribution is 2.21. The van der Waals surface area contributed by atoms with Crippen molar-refractivity contribution in [3.8, 4) is 5.75 Å². The molecule has 0 aliphatic heterocycles. The molecule has 0 aliphatic carbocycles. The Morgan fingerprint density at radius 1 is 1.04 bits per heavy atom. The van der Waals surface area contributed by atoms with Gasteiger partial charge >= 0.3 is 0 Å². The molecule has 0 radical (unpaired) electrons. The maximum Gasteiger partial charge on any atom is 0.224 e. The number of benzene rings is 2. The highest BCUT2D eigenvalue weighted by atomic mass is 19.1. The Kier molecular flexibility index (Phi) is 5.63. The smallest absolute Gasteiger partial charge is 0.224 e. The second kappa shape index (κ2) is 8.29. The molecule has 2 aromatic carbocycles. The van der Waals surface area contributed by atoms with Crippen molar-refractivity contribution in [1.29, 1.82) is 0 Å². The fourth-order valence-electron chi connectivity index (χ4n) is 2.53. The van der Waals surface area contributed by atoms with Crippen molar-refractivity contribution in [2.24, 2.45) is 0 Å². The van der Waals surface area contributed by atoms with Crippen molar-refractivity contribution < 1.29 is 9.13 Å². The Morgan fingerprint density at radius 3 is 2.62 bits per heavy atom. The number of nitrogens with one attached hydrogen (secondary N) is 2. The Balaban J connectivity index is 1.64. The molecule has 0 atom stereocenters. The van der Waals surface area contributed by atoms with Crippen LogP contribution in [0.2, 0.25) is 0 Å². The molecule has 0 aliphatic rings. The number of aryl methyl sites for hydroxylation is 1. The molecule has 0 saturated heterocycles. The van der Waals surface area contributed by atoms with Crippen LogP contribution in [0.3, 0.4) is 0 Å². The van der Waals surface area contributed by atoms with Crippen LogP contribution in [0.15, 0.2) is 54.6 Å². The molecular formula is C20H21FN4O. The van der Waals surface area contributed by atoms with Crippen LogP contribution >= 0.6 is 0 Å². The van der Waals surface area contributed by atoms with Gasteiger partial charge in [-0.2, -0.15) is 4.98 Å². The standard InChI is InChI=1S/C20H21FN4O/c1-14-12-19(24-17-4-3-5-18(13-17)26-2)25-20(23-14)22-11-10-15-6-8-16(21)9-7-15/h3-9,12-13H,10-11H2,1-2H3,(H2,22,23,24,25). The summed E-state index contributed by atoms with van der Waals surface area (Å²) in [5.74, 6) is 1.81. The molecule has 3 aromatic rings. The number of rotatable bonds is 7. The van der Waals surface area contributed by atoms with Crippen molar-refractivity contribution in [3.63, 3.8) is 0 Å². The van der Waals surface area contributed by atoms with Crippen molar-refractivity contribution >= 4 is 17.5 Å². The lowest BCUT2D eigenvalue weighted by molar-refractivity contribution is 0.415. The predicted molar refractivity (Wildman–Crippen MR) is 102 cm³/mol. The molecule has 6 heteroatoms. The highest BCUT2D eigenvalue weighted by Gasteiger charge is 2.04. The monoisotopic (exact) mass is 352 g/mol. The minimum absolute atomic E-state index is 0.225. The van der Waals surface area contributed by atoms with Gasteiger partial charge in [0.05, 0.1) is 7.11 Å². The van der Waals surface area contributed by atoms with Gasteiger partial charge in [-0.15, -0.1) is 0 Å². The Morgan fingerprint density at radius 2 is 1.85 bits per heavy atom. The molecule has 0 bridgehead atoms. The van der Waals surface area contributed by atoms with Gasteiger partial charge in [-0.25, -0.2) is 9.37 Å². The third-order valence-corrected chi connectivity index (χ3v) is 3.81. The second-order valence-corrected chi connectivity index (χ2v) is 5.88. The average Bonchev–Trinajstić information content (AvgIpc) is 2.63. The fourth-order valence-corrected chi connectivity index (χ4v) is 2.53. The maximum absolute atomic E-state index is 12.9. The van der Waals surface area contributed by atoms with Gasteiger partial charge in [0.1, 0.15) is 17.4 Å². The lowest BCUT2D eigenvalue weighted by atomic mass is 10.1. The zero-order chi connectivity index (χ0) is 18.4. The van der Waals surface area contributed by atoms with E-state index in [2.05, 4.69) is 20.6 Å². The summed E-state index contributed by atoms with van der Waals surface area (Å²) in [6.45, 7) is 2.58. The van der Waals surface area contributed by atoms with E-state index < -0.39 is 0 Å². The van der Waals surface area contributed by atoms with Crippen LogP contribution in [0, 0.1) is 12.7 Å². The van der Waals surface area contributed by atoms with E-state index in [9.17, 15) is 4.39 Å². The highest BCUT2D eigenvalue weighted by molar-refractivity contribution is 5.59. The number of halogens is 1. The number of aromatic nitrogens is 2. The molecule has 5 nitrogen and oxygen atoms in total. The molecule has 2 N–H and O–H groups in total. The molecular weight excluding hydrogens is 331 g/mol. The molecule has 134 valence electrons. The van der Waals surface area contributed by atoms with Gasteiger partial charge in [0.15, 0.2) is 0 Å². The average molecular weight is 352 g/mol. The summed E-state index contributed by atoms with van der Waals surface area (Å²) in [6, 6.07) is 16.0. The van der Waals surface area contributed by atoms with Crippen LogP contribution in [0.1, 0.15) is 11.3 Å². The Hall–Kier alpha value is -3.15. The van der Waals surface area contributed by atoms with Gasteiger partial charge in [-0.1, -0.05) is 18.2 Å². The molecule has 0 amide bonds. The summed E-state index contributed by atoms with van der Waals surface area (Å²) >= 11 is 0. The minimum atomic E-state index is -0.225. The van der Waals surface area contributed by atoms with Crippen molar-refractivity contribution in [2.75, 3.05) is 24.3 Å². The van der Waals surface area contributed by atoms with E-state index in [0.29, 0.717) is 18.3 Å². The summed E-state index contributed by atoms with van der Waals surface area (Å²) in [5.41, 5.74) is 2.80. The topological polar surface area (TPSA) is 59.1 Å². The van der Waals surface area contributed by atoms with E-state index >= 15 is 0 Å². The van der Waals surface area contributed by atoms with Crippen LogP contribution in [-0.2, 0) is 6.42 Å². The van der Waals surface area contributed by atoms with Crippen LogP contribution in [0.4, 0.5) is 21.8 Å². The maximum atomic E-state index is 12.9. The SMILES string of the molecule is COc1cccc(Nc2cc(C)nc(NCCc3ccc(F)cc3)n2)c1. The summed E-state index contributed by atoms with van der Waals surface area (Å²) < 4.78 is 18.2. The number of methoxy groups -OCH3 is 1. The summed E-state index contributed by atoms with van der Waals surface area (Å²) in [4.78, 5) is 8.90. The third kappa shape index (κ3) is 4.92. The van der Waals surface area contributed by atoms with Gasteiger partial charge < -0.3 is 15.4 Å². The molecule has 26 heavy (non-hydrogen) atoms. The van der Waals surface area contributed by atoms with E-state index in [1.165, 1.54) is 12.1 Å². The normalized spacial score (nSPS) is 10.4. The van der Waals surface area contributed by atoms with Crippen LogP contribution < -0.4 is 15.4 Å². The van der Waals surface area contributed by atoms with Crippen LogP contribution in [-0.4, -0.2) is 23.6 Å². The first-order valence-corrected chi connectivity index (χ1v) is 8.37. The second-order valence-electron chi connectivity index (χ2n) is 5.88. The van der Waals surface area contributed by atoms with E-state index in [-0.39, 0.29) is 5.82 Å². The van der Waals surface area contributed by atoms with Crippen LogP contribution in [0.25, 0.3) is 0 Å². The summed E-state index contributed by atoms with van der Waals surface area (Å²) in [6.07, 6.45) is 0.760. The lowest BCUT2D eigenvalue weighted by Gasteiger charge is -2.11. The lowest BCUT2D eigenvalue weighted by Crippen LogP contribution is -2.09. The summed E-state index contributed by atoms with van der Waals surface area (Å²) in [5, 5.41) is 6.48. The van der Waals surface area contributed by atoms with E-state index in [4.69, 9.17) is 4.74 Å². The molecule has 1 heterocycles. The number of hydrogen-bond donors (Lipinski definition) is 2. The van der Waals surface area contributed by atoms with Crippen molar-refractivity contribution in [2.45, 2.75) is 13.3 Å². The number of hydrogen-bond acceptors (Lipinski definition) is 5. The predicted octanol–water partition coefficient (Wildman–Crippen LogP) is 4.33. The van der Waals surface area contributed by atoms with E-state index in [1.54, 1.807) is 19.2 Å². The number of ether oxygens (including phenoxy) is 1. The molecule has 0 fully saturated rings. The van der Waals surface area contributed by atoms with Gasteiger partial charge in [0.2, 0.25) is 5.95 Å². The third-order valence-electron chi connectivity index (χ3n) is 3.81. The first-order valence-electron chi connectivity index (χ1n) is 8.37. The number of nitrogens with zero attached hydrogens (tertiary/aromatic N) is 2. The largest absolute Gasteiger partial charge is 0.497 e. The van der Waals surface area contributed by atoms with Gasteiger partial charge in [-0.3, -0.25) is 0 Å².